The van der Waals surface area contributed by atoms with Crippen LogP contribution >= 0.6 is 68.9 Å². The molecule has 0 saturated heterocycles. The fourth-order valence-corrected chi connectivity index (χ4v) is 6.98. The molecule has 0 aliphatic heterocycles. The van der Waals surface area contributed by atoms with Crippen molar-refractivity contribution in [3.63, 3.8) is 0 Å². The van der Waals surface area contributed by atoms with Crippen molar-refractivity contribution in [2.45, 2.75) is 91.9 Å². The summed E-state index contributed by atoms with van der Waals surface area (Å²) in [6.45, 7) is 22.9. The molecular formula is C25H34Cl4S2. The van der Waals surface area contributed by atoms with E-state index in [0.717, 1.165) is 58.4 Å². The second-order valence-corrected chi connectivity index (χ2v) is 12.7. The minimum absolute atomic E-state index is 0.0165. The summed E-state index contributed by atoms with van der Waals surface area (Å²) < 4.78 is 0. The van der Waals surface area contributed by atoms with Gasteiger partial charge < -0.3 is 0 Å². The Balaban J connectivity index is 0.000000311. The van der Waals surface area contributed by atoms with E-state index >= 15 is 0 Å². The lowest BCUT2D eigenvalue weighted by atomic mass is 9.83. The van der Waals surface area contributed by atoms with Crippen LogP contribution in [-0.2, 0) is 10.8 Å². The van der Waals surface area contributed by atoms with Gasteiger partial charge in [0.1, 0.15) is 0 Å². The Morgan fingerprint density at radius 3 is 1.00 bits per heavy atom. The first-order valence-corrected chi connectivity index (χ1v) is 13.5. The number of hydrogen-bond donors (Lipinski definition) is 1. The van der Waals surface area contributed by atoms with Crippen LogP contribution < -0.4 is 0 Å². The summed E-state index contributed by atoms with van der Waals surface area (Å²) in [5.41, 5.74) is 7.62. The van der Waals surface area contributed by atoms with Crippen molar-refractivity contribution in [1.82, 2.24) is 0 Å². The molecule has 0 atom stereocenters. The first-order valence-electron chi connectivity index (χ1n) is 10.1. The van der Waals surface area contributed by atoms with Gasteiger partial charge in [0.15, 0.2) is 0 Å². The highest BCUT2D eigenvalue weighted by atomic mass is 35.5. The zero-order valence-corrected chi connectivity index (χ0v) is 25.1. The lowest BCUT2D eigenvalue weighted by Gasteiger charge is -2.26. The van der Waals surface area contributed by atoms with Gasteiger partial charge in [0, 0.05) is 25.0 Å². The van der Waals surface area contributed by atoms with Gasteiger partial charge in [0.05, 0.1) is 0 Å². The Bertz CT molecular complexity index is 923. The first kappa shape index (κ1) is 29.3. The van der Waals surface area contributed by atoms with E-state index in [0.29, 0.717) is 0 Å². The average Bonchev–Trinajstić information content (AvgIpc) is 2.62. The average molecular weight is 540 g/mol. The van der Waals surface area contributed by atoms with Crippen LogP contribution in [0.3, 0.4) is 0 Å². The van der Waals surface area contributed by atoms with Crippen molar-refractivity contribution in [3.8, 4) is 0 Å². The van der Waals surface area contributed by atoms with E-state index in [1.165, 1.54) is 16.4 Å². The van der Waals surface area contributed by atoms with Crippen LogP contribution in [0.4, 0.5) is 0 Å². The van der Waals surface area contributed by atoms with E-state index in [-0.39, 0.29) is 10.8 Å². The number of hydrogen-bond acceptors (Lipinski definition) is 2. The van der Waals surface area contributed by atoms with E-state index in [1.54, 1.807) is 0 Å². The number of halogens is 4. The molecule has 0 fully saturated rings. The second-order valence-electron chi connectivity index (χ2n) is 10.1. The van der Waals surface area contributed by atoms with Crippen molar-refractivity contribution in [2.75, 3.05) is 0 Å². The largest absolute Gasteiger partial charge is 0.106 e. The quantitative estimate of drug-likeness (QED) is 0.277. The van der Waals surface area contributed by atoms with Gasteiger partial charge in [-0.1, -0.05) is 98.7 Å². The van der Waals surface area contributed by atoms with Crippen molar-refractivity contribution < 1.29 is 0 Å². The predicted octanol–water partition coefficient (Wildman–Crippen LogP) is 11.1. The van der Waals surface area contributed by atoms with Crippen molar-refractivity contribution in [2.24, 2.45) is 0 Å². The van der Waals surface area contributed by atoms with Gasteiger partial charge in [-0.15, -0.1) is 11.7 Å². The van der Waals surface area contributed by atoms with Crippen LogP contribution in [0.2, 0.25) is 20.1 Å². The molecule has 0 heterocycles. The molecule has 2 rings (SSSR count). The molecule has 0 amide bonds. The number of benzene rings is 2. The number of thiol groups is 1. The van der Waals surface area contributed by atoms with Crippen LogP contribution in [-0.4, -0.2) is 0 Å². The van der Waals surface area contributed by atoms with Crippen LogP contribution in [0.1, 0.15) is 80.5 Å². The normalized spacial score (nSPS) is 12.0. The molecule has 0 N–H and O–H groups in total. The molecule has 0 nitrogen and oxygen atoms in total. The van der Waals surface area contributed by atoms with E-state index < -0.39 is 0 Å². The highest BCUT2D eigenvalue weighted by Crippen LogP contribution is 2.45. The van der Waals surface area contributed by atoms with Gasteiger partial charge in [0.25, 0.3) is 0 Å². The zero-order chi connectivity index (χ0) is 24.6. The summed E-state index contributed by atoms with van der Waals surface area (Å²) >= 11 is 29.8. The topological polar surface area (TPSA) is 0 Å². The molecule has 0 saturated carbocycles. The molecule has 6 heteroatoms. The molecule has 0 aliphatic carbocycles. The van der Waals surface area contributed by atoms with Crippen LogP contribution in [0, 0.1) is 34.6 Å². The second kappa shape index (κ2) is 10.7. The Labute approximate surface area is 218 Å². The summed E-state index contributed by atoms with van der Waals surface area (Å²) in [6, 6.07) is 0. The summed E-state index contributed by atoms with van der Waals surface area (Å²) in [7, 11) is 1.40. The molecule has 174 valence electrons. The predicted molar refractivity (Wildman–Crippen MR) is 149 cm³/mol. The summed E-state index contributed by atoms with van der Waals surface area (Å²) in [6.07, 6.45) is 0. The van der Waals surface area contributed by atoms with Gasteiger partial charge in [-0.2, -0.15) is 0 Å². The van der Waals surface area contributed by atoms with E-state index in [1.807, 2.05) is 13.8 Å². The highest BCUT2D eigenvalue weighted by Gasteiger charge is 2.26. The molecule has 0 spiro atoms. The summed E-state index contributed by atoms with van der Waals surface area (Å²) in [5.74, 6) is 0. The molecule has 0 bridgehead atoms. The first-order chi connectivity index (χ1) is 13.9. The molecule has 31 heavy (non-hydrogen) atoms. The monoisotopic (exact) mass is 538 g/mol. The lowest BCUT2D eigenvalue weighted by Crippen LogP contribution is -2.14. The maximum absolute atomic E-state index is 6.41. The molecule has 0 unspecified atom stereocenters. The van der Waals surface area contributed by atoms with Gasteiger partial charge in [-0.05, 0) is 84.4 Å². The third-order valence-electron chi connectivity index (χ3n) is 5.59. The van der Waals surface area contributed by atoms with Gasteiger partial charge in [0.2, 0.25) is 0 Å². The maximum atomic E-state index is 6.41. The Hall–Kier alpha value is 0.300. The molecule has 0 aromatic heterocycles. The smallest absolute Gasteiger partial charge is 0.0499 e. The van der Waals surface area contributed by atoms with Crippen LogP contribution in [0.25, 0.3) is 0 Å². The van der Waals surface area contributed by atoms with Crippen molar-refractivity contribution in [1.29, 1.82) is 0 Å². The Kier molecular flexibility index (Phi) is 10.1. The summed E-state index contributed by atoms with van der Waals surface area (Å²) in [4.78, 5) is 1.06. The van der Waals surface area contributed by atoms with Crippen LogP contribution in [0.5, 0.6) is 0 Å². The van der Waals surface area contributed by atoms with Gasteiger partial charge in [-0.25, -0.2) is 0 Å². The van der Waals surface area contributed by atoms with Crippen LogP contribution in [0.15, 0.2) is 4.90 Å². The lowest BCUT2D eigenvalue weighted by molar-refractivity contribution is 0.588. The summed E-state index contributed by atoms with van der Waals surface area (Å²) in [5, 5.41) is 3.16. The molecule has 2 aromatic rings. The zero-order valence-electron chi connectivity index (χ0n) is 20.4. The molecular weight excluding hydrogens is 506 g/mol. The third-order valence-corrected chi connectivity index (χ3v) is 8.82. The maximum Gasteiger partial charge on any atom is 0.0499 e. The fraction of sp³-hybridized carbons (Fsp3) is 0.520. The highest BCUT2D eigenvalue weighted by molar-refractivity contribution is 8.68. The van der Waals surface area contributed by atoms with E-state index in [2.05, 4.69) is 74.0 Å². The fourth-order valence-electron chi connectivity index (χ4n) is 3.49. The molecule has 0 radical (unpaired) electrons. The Morgan fingerprint density at radius 1 is 0.516 bits per heavy atom. The minimum Gasteiger partial charge on any atom is -0.106 e. The van der Waals surface area contributed by atoms with Gasteiger partial charge in [-0.3, -0.25) is 0 Å². The van der Waals surface area contributed by atoms with E-state index in [9.17, 15) is 0 Å². The van der Waals surface area contributed by atoms with Crippen molar-refractivity contribution >= 4 is 68.9 Å². The minimum atomic E-state index is -0.0521. The molecule has 2 aromatic carbocycles. The van der Waals surface area contributed by atoms with Crippen molar-refractivity contribution in [3.05, 3.63) is 59.0 Å². The standard InChI is InChI=1S/C13H18Cl2.C12H16Cl2S2/c1-7-8(2)11(14)10(13(4,5)6)12(15)9(7)3;1-6-9(13)8(12(3,4)5)10(14)7(2)11(6)16-15/h1-6H3;15H,1-5H3. The SMILES string of the molecule is Cc1c(C)c(Cl)c(C(C)(C)C)c(Cl)c1C.Cc1c(Cl)c(C(C)(C)C)c(Cl)c(C)c1SS. The van der Waals surface area contributed by atoms with E-state index in [4.69, 9.17) is 46.4 Å². The third kappa shape index (κ3) is 6.25. The molecule has 0 aliphatic rings. The van der Waals surface area contributed by atoms with Gasteiger partial charge >= 0.3 is 0 Å². The number of rotatable bonds is 1. The Morgan fingerprint density at radius 2 is 0.774 bits per heavy atom.